The maximum absolute atomic E-state index is 14.0. The number of rotatable bonds is 7. The van der Waals surface area contributed by atoms with Gasteiger partial charge in [0.25, 0.3) is 0 Å². The molecule has 0 radical (unpaired) electrons. The Balaban J connectivity index is 1.25. The summed E-state index contributed by atoms with van der Waals surface area (Å²) in [5, 5.41) is 3.96. The number of piperidine rings is 1. The van der Waals surface area contributed by atoms with E-state index in [2.05, 4.69) is 45.5 Å². The van der Waals surface area contributed by atoms with Gasteiger partial charge in [-0.25, -0.2) is 4.98 Å². The zero-order valence-electron chi connectivity index (χ0n) is 24.3. The van der Waals surface area contributed by atoms with Crippen LogP contribution < -0.4 is 5.32 Å². The second kappa shape index (κ2) is 12.6. The first-order chi connectivity index (χ1) is 21.5. The Hall–Kier alpha value is -4.37. The van der Waals surface area contributed by atoms with Gasteiger partial charge in [-0.1, -0.05) is 60.7 Å². The van der Waals surface area contributed by atoms with Crippen molar-refractivity contribution in [2.45, 2.75) is 38.2 Å². The van der Waals surface area contributed by atoms with E-state index in [4.69, 9.17) is 0 Å². The molecule has 1 aliphatic rings. The molecule has 9 heteroatoms. The van der Waals surface area contributed by atoms with Gasteiger partial charge in [-0.3, -0.25) is 4.90 Å². The van der Waals surface area contributed by atoms with Crippen LogP contribution in [-0.2, 0) is 25.3 Å². The highest BCUT2D eigenvalue weighted by atomic mass is 19.4. The van der Waals surface area contributed by atoms with Crippen LogP contribution in [0.5, 0.6) is 0 Å². The van der Waals surface area contributed by atoms with Gasteiger partial charge in [0.1, 0.15) is 0 Å². The summed E-state index contributed by atoms with van der Waals surface area (Å²) in [4.78, 5) is 6.84. The minimum atomic E-state index is -4.87. The average molecular weight is 620 g/mol. The molecular weight excluding hydrogens is 588 g/mol. The van der Waals surface area contributed by atoms with E-state index < -0.39 is 29.0 Å². The third-order valence-corrected chi connectivity index (χ3v) is 8.33. The summed E-state index contributed by atoms with van der Waals surface area (Å²) in [6, 6.07) is 28.0. The molecule has 2 heterocycles. The summed E-state index contributed by atoms with van der Waals surface area (Å²) >= 11 is 0. The Labute approximate surface area is 257 Å². The standard InChI is InChI=1S/C36H31F6N3/c37-35(38,39)27-13-14-31(36(40,41)42)30(21-27)34-22-33(29-11-4-5-12-32(29)44-34)43-28-10-6-9-26(20-28)19-24-15-17-45(18-16-24)23-25-7-2-1-3-8-25/h1-14,20-22,24H,15-19,23H2,(H,43,44). The van der Waals surface area contributed by atoms with Crippen molar-refractivity contribution < 1.29 is 26.3 Å². The van der Waals surface area contributed by atoms with Gasteiger partial charge in [-0.2, -0.15) is 26.3 Å². The molecule has 0 unspecified atom stereocenters. The molecule has 0 bridgehead atoms. The number of nitrogens with one attached hydrogen (secondary N) is 1. The molecule has 6 rings (SSSR count). The molecule has 45 heavy (non-hydrogen) atoms. The predicted molar refractivity (Wildman–Crippen MR) is 165 cm³/mol. The predicted octanol–water partition coefficient (Wildman–Crippen LogP) is 10.1. The van der Waals surface area contributed by atoms with Crippen molar-refractivity contribution in [3.63, 3.8) is 0 Å². The van der Waals surface area contributed by atoms with E-state index in [0.717, 1.165) is 50.1 Å². The molecule has 1 aromatic heterocycles. The zero-order valence-corrected chi connectivity index (χ0v) is 24.3. The van der Waals surface area contributed by atoms with Gasteiger partial charge in [0.15, 0.2) is 0 Å². The highest BCUT2D eigenvalue weighted by Crippen LogP contribution is 2.42. The second-order valence-corrected chi connectivity index (χ2v) is 11.6. The third kappa shape index (κ3) is 7.31. The fourth-order valence-electron chi connectivity index (χ4n) is 6.05. The highest BCUT2D eigenvalue weighted by molar-refractivity contribution is 5.95. The Morgan fingerprint density at radius 3 is 2.16 bits per heavy atom. The lowest BCUT2D eigenvalue weighted by Gasteiger charge is -2.32. The lowest BCUT2D eigenvalue weighted by Crippen LogP contribution is -2.33. The largest absolute Gasteiger partial charge is 0.417 e. The van der Waals surface area contributed by atoms with Crippen LogP contribution in [0.4, 0.5) is 37.7 Å². The maximum Gasteiger partial charge on any atom is 0.417 e. The molecule has 0 spiro atoms. The molecule has 0 aliphatic carbocycles. The molecule has 0 amide bonds. The molecule has 3 nitrogen and oxygen atoms in total. The van der Waals surface area contributed by atoms with Crippen LogP contribution in [0.1, 0.15) is 35.1 Å². The molecule has 1 N–H and O–H groups in total. The molecule has 4 aromatic carbocycles. The lowest BCUT2D eigenvalue weighted by molar-refractivity contribution is -0.141. The topological polar surface area (TPSA) is 28.2 Å². The van der Waals surface area contributed by atoms with E-state index in [-0.39, 0.29) is 5.69 Å². The quantitative estimate of drug-likeness (QED) is 0.184. The number of fused-ring (bicyclic) bond motifs is 1. The molecular formula is C36H31F6N3. The fraction of sp³-hybridized carbons (Fsp3) is 0.250. The number of halogens is 6. The summed E-state index contributed by atoms with van der Waals surface area (Å²) in [6.45, 7) is 3.00. The average Bonchev–Trinajstić information content (AvgIpc) is 3.01. The van der Waals surface area contributed by atoms with Crippen molar-refractivity contribution >= 4 is 22.3 Å². The third-order valence-electron chi connectivity index (χ3n) is 8.33. The van der Waals surface area contributed by atoms with Gasteiger partial charge in [0.05, 0.1) is 28.0 Å². The van der Waals surface area contributed by atoms with E-state index in [1.165, 1.54) is 11.6 Å². The fourth-order valence-corrected chi connectivity index (χ4v) is 6.05. The smallest absolute Gasteiger partial charge is 0.355 e. The van der Waals surface area contributed by atoms with E-state index >= 15 is 0 Å². The van der Waals surface area contributed by atoms with Crippen LogP contribution in [0.3, 0.4) is 0 Å². The van der Waals surface area contributed by atoms with Gasteiger partial charge in [-0.05, 0) is 91.9 Å². The Kier molecular flexibility index (Phi) is 8.55. The molecule has 1 aliphatic heterocycles. The van der Waals surface area contributed by atoms with Crippen LogP contribution in [0.25, 0.3) is 22.2 Å². The Morgan fingerprint density at radius 1 is 0.711 bits per heavy atom. The van der Waals surface area contributed by atoms with Gasteiger partial charge in [0.2, 0.25) is 0 Å². The number of likely N-dealkylation sites (tertiary alicyclic amines) is 1. The first kappa shape index (κ1) is 30.6. The molecule has 0 saturated carbocycles. The number of para-hydroxylation sites is 1. The van der Waals surface area contributed by atoms with E-state index in [9.17, 15) is 26.3 Å². The van der Waals surface area contributed by atoms with E-state index in [1.54, 1.807) is 24.3 Å². The van der Waals surface area contributed by atoms with Gasteiger partial charge in [-0.15, -0.1) is 0 Å². The van der Waals surface area contributed by atoms with Crippen LogP contribution in [0.15, 0.2) is 103 Å². The number of anilines is 2. The van der Waals surface area contributed by atoms with Crippen LogP contribution in [-0.4, -0.2) is 23.0 Å². The number of aromatic nitrogens is 1. The lowest BCUT2D eigenvalue weighted by atomic mass is 9.90. The molecule has 1 fully saturated rings. The van der Waals surface area contributed by atoms with Crippen molar-refractivity contribution in [2.24, 2.45) is 5.92 Å². The van der Waals surface area contributed by atoms with Crippen LogP contribution >= 0.6 is 0 Å². The Morgan fingerprint density at radius 2 is 1.42 bits per heavy atom. The number of pyridine rings is 1. The van der Waals surface area contributed by atoms with Crippen molar-refractivity contribution in [1.82, 2.24) is 9.88 Å². The number of alkyl halides is 6. The highest BCUT2D eigenvalue weighted by Gasteiger charge is 2.37. The maximum atomic E-state index is 14.0. The first-order valence-electron chi connectivity index (χ1n) is 14.8. The SMILES string of the molecule is FC(F)(F)c1ccc(C(F)(F)F)c(-c2cc(Nc3cccc(CC4CCN(Cc5ccccc5)CC4)c3)c3ccccc3n2)c1. The minimum Gasteiger partial charge on any atom is -0.355 e. The van der Waals surface area contributed by atoms with Gasteiger partial charge >= 0.3 is 12.4 Å². The van der Waals surface area contributed by atoms with Crippen molar-refractivity contribution in [1.29, 1.82) is 0 Å². The number of nitrogens with zero attached hydrogens (tertiary/aromatic N) is 2. The minimum absolute atomic E-state index is 0.201. The number of hydrogen-bond acceptors (Lipinski definition) is 3. The number of benzene rings is 4. The summed E-state index contributed by atoms with van der Waals surface area (Å²) in [7, 11) is 0. The van der Waals surface area contributed by atoms with Crippen LogP contribution in [0, 0.1) is 5.92 Å². The first-order valence-corrected chi connectivity index (χ1v) is 14.8. The molecule has 5 aromatic rings. The molecule has 232 valence electrons. The Bertz CT molecular complexity index is 1770. The van der Waals surface area contributed by atoms with Crippen LogP contribution in [0.2, 0.25) is 0 Å². The molecule has 0 atom stereocenters. The molecule has 1 saturated heterocycles. The summed E-state index contributed by atoms with van der Waals surface area (Å²) < 4.78 is 82.4. The monoisotopic (exact) mass is 619 g/mol. The van der Waals surface area contributed by atoms with E-state index in [1.807, 2.05) is 24.3 Å². The summed E-state index contributed by atoms with van der Waals surface area (Å²) in [5.74, 6) is 0.530. The van der Waals surface area contributed by atoms with Gasteiger partial charge < -0.3 is 5.32 Å². The summed E-state index contributed by atoms with van der Waals surface area (Å²) in [6.07, 6.45) is -6.61. The van der Waals surface area contributed by atoms with Gasteiger partial charge in [0, 0.05) is 23.2 Å². The second-order valence-electron chi connectivity index (χ2n) is 11.6. The van der Waals surface area contributed by atoms with Crippen molar-refractivity contribution in [3.8, 4) is 11.3 Å². The number of hydrogen-bond donors (Lipinski definition) is 1. The van der Waals surface area contributed by atoms with Crippen molar-refractivity contribution in [2.75, 3.05) is 18.4 Å². The van der Waals surface area contributed by atoms with E-state index in [0.29, 0.717) is 40.7 Å². The zero-order chi connectivity index (χ0) is 31.6. The summed E-state index contributed by atoms with van der Waals surface area (Å²) in [5.41, 5.74) is 0.813. The normalized spacial score (nSPS) is 15.0. The van der Waals surface area contributed by atoms with Crippen molar-refractivity contribution in [3.05, 3.63) is 125 Å².